The van der Waals surface area contributed by atoms with Crippen LogP contribution < -0.4 is 10.2 Å². The maximum atomic E-state index is 12.3. The van der Waals surface area contributed by atoms with E-state index in [9.17, 15) is 4.79 Å². The summed E-state index contributed by atoms with van der Waals surface area (Å²) in [6.07, 6.45) is 0.509. The lowest BCUT2D eigenvalue weighted by Gasteiger charge is -2.22. The highest BCUT2D eigenvalue weighted by atomic mass is 32.1. The summed E-state index contributed by atoms with van der Waals surface area (Å²) < 4.78 is 0. The fraction of sp³-hybridized carbons (Fsp3) is 0.267. The van der Waals surface area contributed by atoms with Crippen LogP contribution in [0.4, 0.5) is 5.69 Å². The molecule has 0 saturated heterocycles. The SMILES string of the molecule is CNCCC(=O)N(Cc1ccsc1)c1ccccc1. The molecule has 19 heavy (non-hydrogen) atoms. The Balaban J connectivity index is 2.15. The van der Waals surface area contributed by atoms with Crippen molar-refractivity contribution in [1.29, 1.82) is 0 Å². The molecule has 0 saturated carbocycles. The summed E-state index contributed by atoms with van der Waals surface area (Å²) in [4.78, 5) is 14.2. The van der Waals surface area contributed by atoms with Crippen molar-refractivity contribution in [2.24, 2.45) is 0 Å². The van der Waals surface area contributed by atoms with Crippen molar-refractivity contribution in [2.45, 2.75) is 13.0 Å². The van der Waals surface area contributed by atoms with Crippen molar-refractivity contribution in [3.05, 3.63) is 52.7 Å². The molecule has 1 heterocycles. The number of hydrogen-bond acceptors (Lipinski definition) is 3. The molecule has 0 aliphatic heterocycles. The Morgan fingerprint density at radius 1 is 1.26 bits per heavy atom. The first-order chi connectivity index (χ1) is 9.31. The van der Waals surface area contributed by atoms with Crippen LogP contribution in [0.15, 0.2) is 47.2 Å². The zero-order valence-corrected chi connectivity index (χ0v) is 11.8. The molecule has 0 bridgehead atoms. The summed E-state index contributed by atoms with van der Waals surface area (Å²) in [7, 11) is 1.86. The second-order valence-electron chi connectivity index (χ2n) is 4.30. The average molecular weight is 274 g/mol. The van der Waals surface area contributed by atoms with Gasteiger partial charge in [0.25, 0.3) is 0 Å². The number of rotatable bonds is 6. The number of anilines is 1. The highest BCUT2D eigenvalue weighted by Crippen LogP contribution is 2.19. The number of thiophene rings is 1. The van der Waals surface area contributed by atoms with Gasteiger partial charge in [-0.15, -0.1) is 0 Å². The molecule has 0 spiro atoms. The Labute approximate surface area is 117 Å². The third kappa shape index (κ3) is 3.91. The molecule has 0 fully saturated rings. The first-order valence-corrected chi connectivity index (χ1v) is 7.26. The van der Waals surface area contributed by atoms with Crippen molar-refractivity contribution in [2.75, 3.05) is 18.5 Å². The lowest BCUT2D eigenvalue weighted by Crippen LogP contribution is -2.32. The van der Waals surface area contributed by atoms with Crippen molar-refractivity contribution in [1.82, 2.24) is 5.32 Å². The van der Waals surface area contributed by atoms with Crippen molar-refractivity contribution in [3.63, 3.8) is 0 Å². The van der Waals surface area contributed by atoms with E-state index in [4.69, 9.17) is 0 Å². The Morgan fingerprint density at radius 2 is 2.05 bits per heavy atom. The van der Waals surface area contributed by atoms with Crippen LogP contribution in [-0.4, -0.2) is 19.5 Å². The minimum atomic E-state index is 0.145. The summed E-state index contributed by atoms with van der Waals surface area (Å²) in [5.74, 6) is 0.145. The van der Waals surface area contributed by atoms with Crippen LogP contribution in [0.2, 0.25) is 0 Å². The fourth-order valence-electron chi connectivity index (χ4n) is 1.86. The molecule has 0 aliphatic rings. The van der Waals surface area contributed by atoms with Gasteiger partial charge in [0, 0.05) is 18.7 Å². The monoisotopic (exact) mass is 274 g/mol. The van der Waals surface area contributed by atoms with Crippen LogP contribution in [0.5, 0.6) is 0 Å². The highest BCUT2D eigenvalue weighted by Gasteiger charge is 2.15. The minimum Gasteiger partial charge on any atom is -0.319 e. The van der Waals surface area contributed by atoms with Gasteiger partial charge in [-0.05, 0) is 41.6 Å². The smallest absolute Gasteiger partial charge is 0.228 e. The molecule has 1 amide bonds. The zero-order chi connectivity index (χ0) is 13.5. The number of carbonyl (C=O) groups excluding carboxylic acids is 1. The van der Waals surface area contributed by atoms with Gasteiger partial charge in [0.2, 0.25) is 5.91 Å². The number of carbonyl (C=O) groups is 1. The predicted octanol–water partition coefficient (Wildman–Crippen LogP) is 2.89. The van der Waals surface area contributed by atoms with E-state index in [1.54, 1.807) is 11.3 Å². The van der Waals surface area contributed by atoms with Gasteiger partial charge in [0.05, 0.1) is 6.54 Å². The second kappa shape index (κ2) is 7.07. The predicted molar refractivity (Wildman–Crippen MR) is 80.5 cm³/mol. The molecule has 1 aromatic carbocycles. The van der Waals surface area contributed by atoms with Gasteiger partial charge in [-0.1, -0.05) is 18.2 Å². The van der Waals surface area contributed by atoms with Crippen LogP contribution in [-0.2, 0) is 11.3 Å². The van der Waals surface area contributed by atoms with Crippen LogP contribution >= 0.6 is 11.3 Å². The lowest BCUT2D eigenvalue weighted by molar-refractivity contribution is -0.118. The standard InChI is InChI=1S/C15H18N2OS/c1-16-9-7-15(18)17(11-13-8-10-19-12-13)14-5-3-2-4-6-14/h2-6,8,10,12,16H,7,9,11H2,1H3. The summed E-state index contributed by atoms with van der Waals surface area (Å²) in [6.45, 7) is 1.34. The molecular formula is C15H18N2OS. The number of nitrogens with one attached hydrogen (secondary N) is 1. The third-order valence-electron chi connectivity index (χ3n) is 2.88. The van der Waals surface area contributed by atoms with Crippen LogP contribution in [0.3, 0.4) is 0 Å². The van der Waals surface area contributed by atoms with E-state index in [0.717, 1.165) is 5.69 Å². The van der Waals surface area contributed by atoms with E-state index < -0.39 is 0 Å². The fourth-order valence-corrected chi connectivity index (χ4v) is 2.52. The van der Waals surface area contributed by atoms with Crippen molar-refractivity contribution in [3.8, 4) is 0 Å². The largest absolute Gasteiger partial charge is 0.319 e. The molecule has 100 valence electrons. The first-order valence-electron chi connectivity index (χ1n) is 6.32. The molecule has 0 atom stereocenters. The van der Waals surface area contributed by atoms with Gasteiger partial charge in [-0.3, -0.25) is 4.79 Å². The number of benzene rings is 1. The lowest BCUT2D eigenvalue weighted by atomic mass is 10.2. The molecule has 0 radical (unpaired) electrons. The van der Waals surface area contributed by atoms with Crippen LogP contribution in [0.25, 0.3) is 0 Å². The maximum absolute atomic E-state index is 12.3. The van der Waals surface area contributed by atoms with Gasteiger partial charge in [-0.25, -0.2) is 0 Å². The Morgan fingerprint density at radius 3 is 2.68 bits per heavy atom. The van der Waals surface area contributed by atoms with Gasteiger partial charge in [-0.2, -0.15) is 11.3 Å². The van der Waals surface area contributed by atoms with E-state index in [-0.39, 0.29) is 5.91 Å². The normalized spacial score (nSPS) is 10.4. The van der Waals surface area contributed by atoms with Crippen LogP contribution in [0.1, 0.15) is 12.0 Å². The molecule has 2 rings (SSSR count). The van der Waals surface area contributed by atoms with Crippen molar-refractivity contribution >= 4 is 22.9 Å². The van der Waals surface area contributed by atoms with Gasteiger partial charge in [0.1, 0.15) is 0 Å². The van der Waals surface area contributed by atoms with E-state index in [0.29, 0.717) is 19.5 Å². The zero-order valence-electron chi connectivity index (χ0n) is 11.0. The van der Waals surface area contributed by atoms with Gasteiger partial charge < -0.3 is 10.2 Å². The van der Waals surface area contributed by atoms with E-state index in [1.165, 1.54) is 5.56 Å². The Kier molecular flexibility index (Phi) is 5.12. The number of para-hydroxylation sites is 1. The van der Waals surface area contributed by atoms with Gasteiger partial charge >= 0.3 is 0 Å². The summed E-state index contributed by atoms with van der Waals surface area (Å²) in [5, 5.41) is 7.14. The summed E-state index contributed by atoms with van der Waals surface area (Å²) >= 11 is 1.66. The van der Waals surface area contributed by atoms with Crippen molar-refractivity contribution < 1.29 is 4.79 Å². The maximum Gasteiger partial charge on any atom is 0.228 e. The highest BCUT2D eigenvalue weighted by molar-refractivity contribution is 7.07. The summed E-state index contributed by atoms with van der Waals surface area (Å²) in [5.41, 5.74) is 2.13. The van der Waals surface area contributed by atoms with E-state index in [1.807, 2.05) is 47.7 Å². The number of hydrogen-bond donors (Lipinski definition) is 1. The molecule has 3 nitrogen and oxygen atoms in total. The summed E-state index contributed by atoms with van der Waals surface area (Å²) in [6, 6.07) is 11.9. The molecule has 2 aromatic rings. The number of nitrogens with zero attached hydrogens (tertiary/aromatic N) is 1. The molecular weight excluding hydrogens is 256 g/mol. The molecule has 0 aliphatic carbocycles. The molecule has 0 unspecified atom stereocenters. The third-order valence-corrected chi connectivity index (χ3v) is 3.61. The Bertz CT molecular complexity index is 496. The average Bonchev–Trinajstić information content (AvgIpc) is 2.96. The first kappa shape index (κ1) is 13.8. The molecule has 4 heteroatoms. The number of amides is 1. The molecule has 1 N–H and O–H groups in total. The topological polar surface area (TPSA) is 32.3 Å². The van der Waals surface area contributed by atoms with Crippen LogP contribution in [0, 0.1) is 0 Å². The van der Waals surface area contributed by atoms with Gasteiger partial charge in [0.15, 0.2) is 0 Å². The minimum absolute atomic E-state index is 0.145. The quantitative estimate of drug-likeness (QED) is 0.878. The van der Waals surface area contributed by atoms with E-state index in [2.05, 4.69) is 16.8 Å². The molecule has 1 aromatic heterocycles. The van der Waals surface area contributed by atoms with E-state index >= 15 is 0 Å². The second-order valence-corrected chi connectivity index (χ2v) is 5.08. The Hall–Kier alpha value is -1.65.